The molecule has 88 valence electrons. The van der Waals surface area contributed by atoms with Crippen molar-refractivity contribution in [3.05, 3.63) is 0 Å². The van der Waals surface area contributed by atoms with Crippen molar-refractivity contribution in [1.82, 2.24) is 5.32 Å². The van der Waals surface area contributed by atoms with Gasteiger partial charge in [0.05, 0.1) is 6.10 Å². The van der Waals surface area contributed by atoms with E-state index in [0.717, 1.165) is 31.7 Å². The molecule has 0 spiro atoms. The standard InChI is InChI=1S/C12H24N2O/c13-10-3-4-11(7-10)14-8-9-1-5-12(15)6-2-9/h9-12,14-15H,1-8,13H2. The summed E-state index contributed by atoms with van der Waals surface area (Å²) in [5, 5.41) is 13.0. The largest absolute Gasteiger partial charge is 0.393 e. The number of aliphatic hydroxyl groups excluding tert-OH is 1. The molecular formula is C12H24N2O. The van der Waals surface area contributed by atoms with E-state index in [1.165, 1.54) is 25.7 Å². The number of nitrogens with two attached hydrogens (primary N) is 1. The summed E-state index contributed by atoms with van der Waals surface area (Å²) in [7, 11) is 0. The van der Waals surface area contributed by atoms with Crippen molar-refractivity contribution in [2.24, 2.45) is 11.7 Å². The summed E-state index contributed by atoms with van der Waals surface area (Å²) in [4.78, 5) is 0. The summed E-state index contributed by atoms with van der Waals surface area (Å²) in [5.41, 5.74) is 5.88. The number of rotatable bonds is 3. The highest BCUT2D eigenvalue weighted by Gasteiger charge is 2.23. The Labute approximate surface area is 92.4 Å². The van der Waals surface area contributed by atoms with Gasteiger partial charge < -0.3 is 16.2 Å². The molecule has 3 heteroatoms. The molecule has 0 radical (unpaired) electrons. The van der Waals surface area contributed by atoms with Crippen molar-refractivity contribution in [2.75, 3.05) is 6.54 Å². The van der Waals surface area contributed by atoms with Crippen LogP contribution in [0.15, 0.2) is 0 Å². The average molecular weight is 212 g/mol. The Morgan fingerprint density at radius 1 is 1.07 bits per heavy atom. The summed E-state index contributed by atoms with van der Waals surface area (Å²) in [6.07, 6.45) is 7.92. The van der Waals surface area contributed by atoms with Gasteiger partial charge in [-0.05, 0) is 57.4 Å². The van der Waals surface area contributed by atoms with Gasteiger partial charge in [-0.25, -0.2) is 0 Å². The molecule has 0 aliphatic heterocycles. The minimum absolute atomic E-state index is 0.0267. The van der Waals surface area contributed by atoms with Gasteiger partial charge in [-0.1, -0.05) is 0 Å². The Hall–Kier alpha value is -0.120. The van der Waals surface area contributed by atoms with Crippen LogP contribution in [0.3, 0.4) is 0 Å². The first-order chi connectivity index (χ1) is 7.24. The molecule has 2 rings (SSSR count). The molecule has 2 unspecified atom stereocenters. The summed E-state index contributed by atoms with van der Waals surface area (Å²) < 4.78 is 0. The van der Waals surface area contributed by atoms with Gasteiger partial charge >= 0.3 is 0 Å². The van der Waals surface area contributed by atoms with E-state index in [4.69, 9.17) is 5.73 Å². The highest BCUT2D eigenvalue weighted by Crippen LogP contribution is 2.24. The van der Waals surface area contributed by atoms with Gasteiger partial charge in [0, 0.05) is 12.1 Å². The fourth-order valence-corrected chi connectivity index (χ4v) is 2.88. The van der Waals surface area contributed by atoms with E-state index in [1.54, 1.807) is 0 Å². The Kier molecular flexibility index (Phi) is 4.00. The lowest BCUT2D eigenvalue weighted by atomic mass is 9.87. The SMILES string of the molecule is NC1CCC(NCC2CCC(O)CC2)C1. The molecule has 2 saturated carbocycles. The van der Waals surface area contributed by atoms with Crippen molar-refractivity contribution in [2.45, 2.75) is 63.1 Å². The smallest absolute Gasteiger partial charge is 0.0540 e. The predicted molar refractivity (Wildman–Crippen MR) is 61.6 cm³/mol. The van der Waals surface area contributed by atoms with E-state index in [0.29, 0.717) is 12.1 Å². The summed E-state index contributed by atoms with van der Waals surface area (Å²) in [6, 6.07) is 1.09. The third-order valence-electron chi connectivity index (χ3n) is 3.98. The van der Waals surface area contributed by atoms with Crippen LogP contribution in [-0.4, -0.2) is 29.8 Å². The Balaban J connectivity index is 1.61. The van der Waals surface area contributed by atoms with Gasteiger partial charge in [-0.15, -0.1) is 0 Å². The molecule has 0 aromatic rings. The fourth-order valence-electron chi connectivity index (χ4n) is 2.88. The average Bonchev–Trinajstić information content (AvgIpc) is 2.64. The minimum atomic E-state index is -0.0267. The molecule has 2 fully saturated rings. The summed E-state index contributed by atoms with van der Waals surface area (Å²) in [5.74, 6) is 0.783. The molecule has 4 N–H and O–H groups in total. The maximum atomic E-state index is 9.40. The summed E-state index contributed by atoms with van der Waals surface area (Å²) in [6.45, 7) is 1.13. The molecule has 0 aromatic carbocycles. The third-order valence-corrected chi connectivity index (χ3v) is 3.98. The molecular weight excluding hydrogens is 188 g/mol. The van der Waals surface area contributed by atoms with Crippen LogP contribution >= 0.6 is 0 Å². The second-order valence-electron chi connectivity index (χ2n) is 5.35. The molecule has 2 aliphatic carbocycles. The molecule has 0 amide bonds. The van der Waals surface area contributed by atoms with Crippen molar-refractivity contribution >= 4 is 0 Å². The minimum Gasteiger partial charge on any atom is -0.393 e. The highest BCUT2D eigenvalue weighted by atomic mass is 16.3. The first kappa shape index (κ1) is 11.4. The lowest BCUT2D eigenvalue weighted by Gasteiger charge is -2.26. The first-order valence-electron chi connectivity index (χ1n) is 6.41. The first-order valence-corrected chi connectivity index (χ1v) is 6.41. The zero-order valence-corrected chi connectivity index (χ0v) is 9.49. The van der Waals surface area contributed by atoms with Crippen molar-refractivity contribution < 1.29 is 5.11 Å². The molecule has 3 nitrogen and oxygen atoms in total. The van der Waals surface area contributed by atoms with Crippen LogP contribution in [0, 0.1) is 5.92 Å². The van der Waals surface area contributed by atoms with E-state index >= 15 is 0 Å². The molecule has 2 atom stereocenters. The number of nitrogens with one attached hydrogen (secondary N) is 1. The molecule has 0 saturated heterocycles. The molecule has 15 heavy (non-hydrogen) atoms. The normalized spacial score (nSPS) is 42.0. The lowest BCUT2D eigenvalue weighted by molar-refractivity contribution is 0.107. The van der Waals surface area contributed by atoms with Gasteiger partial charge in [0.1, 0.15) is 0 Å². The quantitative estimate of drug-likeness (QED) is 0.654. The van der Waals surface area contributed by atoms with Crippen LogP contribution in [-0.2, 0) is 0 Å². The van der Waals surface area contributed by atoms with Gasteiger partial charge in [0.2, 0.25) is 0 Å². The van der Waals surface area contributed by atoms with Gasteiger partial charge in [-0.2, -0.15) is 0 Å². The van der Waals surface area contributed by atoms with Gasteiger partial charge in [0.15, 0.2) is 0 Å². The van der Waals surface area contributed by atoms with E-state index in [2.05, 4.69) is 5.32 Å². The van der Waals surface area contributed by atoms with Crippen LogP contribution in [0.2, 0.25) is 0 Å². The van der Waals surface area contributed by atoms with Crippen molar-refractivity contribution in [3.63, 3.8) is 0 Å². The second-order valence-corrected chi connectivity index (χ2v) is 5.35. The molecule has 2 aliphatic rings. The van der Waals surface area contributed by atoms with E-state index in [-0.39, 0.29) is 6.10 Å². The predicted octanol–water partition coefficient (Wildman–Crippen LogP) is 1.01. The highest BCUT2D eigenvalue weighted by molar-refractivity contribution is 4.84. The Morgan fingerprint density at radius 2 is 1.80 bits per heavy atom. The zero-order valence-electron chi connectivity index (χ0n) is 9.49. The maximum absolute atomic E-state index is 9.40. The Morgan fingerprint density at radius 3 is 2.40 bits per heavy atom. The molecule has 0 aromatic heterocycles. The van der Waals surface area contributed by atoms with Crippen LogP contribution in [0.5, 0.6) is 0 Å². The second kappa shape index (κ2) is 5.28. The number of aliphatic hydroxyl groups is 1. The summed E-state index contributed by atoms with van der Waals surface area (Å²) >= 11 is 0. The number of hydrogen-bond donors (Lipinski definition) is 3. The number of hydrogen-bond acceptors (Lipinski definition) is 3. The third kappa shape index (κ3) is 3.44. The monoisotopic (exact) mass is 212 g/mol. The molecule has 0 bridgehead atoms. The van der Waals surface area contributed by atoms with E-state index in [1.807, 2.05) is 0 Å². The van der Waals surface area contributed by atoms with E-state index < -0.39 is 0 Å². The Bertz CT molecular complexity index is 190. The zero-order chi connectivity index (χ0) is 10.7. The lowest BCUT2D eigenvalue weighted by Crippen LogP contribution is -2.34. The van der Waals surface area contributed by atoms with Crippen LogP contribution in [0.25, 0.3) is 0 Å². The van der Waals surface area contributed by atoms with Gasteiger partial charge in [-0.3, -0.25) is 0 Å². The van der Waals surface area contributed by atoms with Crippen LogP contribution in [0.1, 0.15) is 44.9 Å². The van der Waals surface area contributed by atoms with Crippen molar-refractivity contribution in [1.29, 1.82) is 0 Å². The maximum Gasteiger partial charge on any atom is 0.0540 e. The van der Waals surface area contributed by atoms with Crippen molar-refractivity contribution in [3.8, 4) is 0 Å². The topological polar surface area (TPSA) is 58.3 Å². The van der Waals surface area contributed by atoms with Crippen LogP contribution < -0.4 is 11.1 Å². The van der Waals surface area contributed by atoms with Gasteiger partial charge in [0.25, 0.3) is 0 Å². The fraction of sp³-hybridized carbons (Fsp3) is 1.00. The van der Waals surface area contributed by atoms with E-state index in [9.17, 15) is 5.11 Å². The molecule has 0 heterocycles. The van der Waals surface area contributed by atoms with Crippen LogP contribution in [0.4, 0.5) is 0 Å².